The van der Waals surface area contributed by atoms with E-state index in [4.69, 9.17) is 0 Å². The molecule has 1 N–H and O–H groups in total. The van der Waals surface area contributed by atoms with Crippen LogP contribution in [0.3, 0.4) is 0 Å². The van der Waals surface area contributed by atoms with Gasteiger partial charge in [-0.25, -0.2) is 4.98 Å². The lowest BCUT2D eigenvalue weighted by Crippen LogP contribution is -2.19. The summed E-state index contributed by atoms with van der Waals surface area (Å²) >= 11 is 0. The second kappa shape index (κ2) is 3.67. The van der Waals surface area contributed by atoms with Crippen LogP contribution in [0.25, 0.3) is 10.8 Å². The van der Waals surface area contributed by atoms with Crippen molar-refractivity contribution >= 4 is 16.6 Å². The molecule has 0 amide bonds. The third kappa shape index (κ3) is 1.40. The molecule has 16 heavy (non-hydrogen) atoms. The maximum atomic E-state index is 9.95. The van der Waals surface area contributed by atoms with Gasteiger partial charge >= 0.3 is 0 Å². The molecular weight excluding hydrogens is 200 g/mol. The van der Waals surface area contributed by atoms with Crippen LogP contribution in [0.4, 0.5) is 5.82 Å². The van der Waals surface area contributed by atoms with Gasteiger partial charge in [0, 0.05) is 19.3 Å². The minimum Gasteiger partial charge on any atom is -0.507 e. The number of pyridine rings is 1. The zero-order valence-corrected chi connectivity index (χ0v) is 9.06. The fourth-order valence-electron chi connectivity index (χ4n) is 2.36. The van der Waals surface area contributed by atoms with Crippen molar-refractivity contribution in [1.29, 1.82) is 0 Å². The molecule has 0 unspecified atom stereocenters. The van der Waals surface area contributed by atoms with E-state index in [-0.39, 0.29) is 0 Å². The number of aromatic nitrogens is 1. The first-order chi connectivity index (χ1) is 7.86. The highest BCUT2D eigenvalue weighted by Gasteiger charge is 2.17. The van der Waals surface area contributed by atoms with Gasteiger partial charge in [0.05, 0.1) is 5.39 Å². The molecule has 0 radical (unpaired) electrons. The monoisotopic (exact) mass is 214 g/mol. The lowest BCUT2D eigenvalue weighted by atomic mass is 10.1. The minimum atomic E-state index is 0.326. The Balaban J connectivity index is 2.23. The molecule has 0 aliphatic carbocycles. The van der Waals surface area contributed by atoms with Gasteiger partial charge in [0.1, 0.15) is 11.6 Å². The van der Waals surface area contributed by atoms with E-state index in [2.05, 4.69) is 9.88 Å². The molecule has 2 aromatic rings. The summed E-state index contributed by atoms with van der Waals surface area (Å²) in [4.78, 5) is 6.67. The average Bonchev–Trinajstić information content (AvgIpc) is 2.82. The Kier molecular flexibility index (Phi) is 2.17. The Morgan fingerprint density at radius 1 is 1.12 bits per heavy atom. The van der Waals surface area contributed by atoms with E-state index in [1.54, 1.807) is 6.07 Å². The Hall–Kier alpha value is -1.77. The van der Waals surface area contributed by atoms with Gasteiger partial charge in [-0.15, -0.1) is 0 Å². The summed E-state index contributed by atoms with van der Waals surface area (Å²) in [6.07, 6.45) is 4.24. The van der Waals surface area contributed by atoms with Crippen molar-refractivity contribution in [3.63, 3.8) is 0 Å². The van der Waals surface area contributed by atoms with Crippen LogP contribution < -0.4 is 4.90 Å². The molecule has 1 saturated heterocycles. The lowest BCUT2D eigenvalue weighted by molar-refractivity contribution is 0.481. The second-order valence-corrected chi connectivity index (χ2v) is 4.20. The molecule has 0 atom stereocenters. The molecular formula is C13H14N2O. The quantitative estimate of drug-likeness (QED) is 0.792. The summed E-state index contributed by atoms with van der Waals surface area (Å²) in [6.45, 7) is 2.08. The van der Waals surface area contributed by atoms with E-state index < -0.39 is 0 Å². The van der Waals surface area contributed by atoms with Crippen molar-refractivity contribution in [3.8, 4) is 5.75 Å². The molecule has 1 aromatic heterocycles. The molecule has 3 nitrogen and oxygen atoms in total. The number of phenols is 1. The van der Waals surface area contributed by atoms with Crippen LogP contribution in [0, 0.1) is 0 Å². The van der Waals surface area contributed by atoms with Crippen LogP contribution >= 0.6 is 0 Å². The van der Waals surface area contributed by atoms with Crippen molar-refractivity contribution < 1.29 is 5.11 Å². The van der Waals surface area contributed by atoms with Crippen molar-refractivity contribution in [2.24, 2.45) is 0 Å². The largest absolute Gasteiger partial charge is 0.507 e. The fraction of sp³-hybridized carbons (Fsp3) is 0.308. The van der Waals surface area contributed by atoms with Gasteiger partial charge in [0.25, 0.3) is 0 Å². The van der Waals surface area contributed by atoms with Crippen molar-refractivity contribution in [1.82, 2.24) is 4.98 Å². The van der Waals surface area contributed by atoms with E-state index in [9.17, 15) is 5.11 Å². The number of hydrogen-bond donors (Lipinski definition) is 1. The Morgan fingerprint density at radius 3 is 2.75 bits per heavy atom. The highest BCUT2D eigenvalue weighted by atomic mass is 16.3. The SMILES string of the molecule is Oc1cccc2ccnc(N3CCCC3)c12. The first-order valence-corrected chi connectivity index (χ1v) is 5.68. The molecule has 0 bridgehead atoms. The zero-order valence-electron chi connectivity index (χ0n) is 9.06. The van der Waals surface area contributed by atoms with Crippen molar-refractivity contribution in [3.05, 3.63) is 30.5 Å². The highest BCUT2D eigenvalue weighted by molar-refractivity contribution is 5.97. The van der Waals surface area contributed by atoms with Crippen molar-refractivity contribution in [2.45, 2.75) is 12.8 Å². The number of rotatable bonds is 1. The zero-order chi connectivity index (χ0) is 11.0. The third-order valence-electron chi connectivity index (χ3n) is 3.15. The van der Waals surface area contributed by atoms with Gasteiger partial charge in [0.2, 0.25) is 0 Å². The third-order valence-corrected chi connectivity index (χ3v) is 3.15. The number of phenolic OH excluding ortho intramolecular Hbond substituents is 1. The fourth-order valence-corrected chi connectivity index (χ4v) is 2.36. The standard InChI is InChI=1S/C13H14N2O/c16-11-5-3-4-10-6-7-14-13(12(10)11)15-8-1-2-9-15/h3-7,16H,1-2,8-9H2. The Morgan fingerprint density at radius 2 is 1.94 bits per heavy atom. The van der Waals surface area contributed by atoms with Gasteiger partial charge in [-0.1, -0.05) is 12.1 Å². The summed E-state index contributed by atoms with van der Waals surface area (Å²) in [6, 6.07) is 7.54. The van der Waals surface area contributed by atoms with E-state index in [1.165, 1.54) is 12.8 Å². The highest BCUT2D eigenvalue weighted by Crippen LogP contribution is 2.33. The summed E-state index contributed by atoms with van der Waals surface area (Å²) in [5.41, 5.74) is 0. The van der Waals surface area contributed by atoms with E-state index in [1.807, 2.05) is 24.4 Å². The molecule has 1 aliphatic heterocycles. The Bertz CT molecular complexity index is 513. The Labute approximate surface area is 94.3 Å². The number of fused-ring (bicyclic) bond motifs is 1. The maximum absolute atomic E-state index is 9.95. The summed E-state index contributed by atoms with van der Waals surface area (Å²) < 4.78 is 0. The van der Waals surface area contributed by atoms with Crippen molar-refractivity contribution in [2.75, 3.05) is 18.0 Å². The number of hydrogen-bond acceptors (Lipinski definition) is 3. The topological polar surface area (TPSA) is 36.4 Å². The van der Waals surface area contributed by atoms with Gasteiger partial charge < -0.3 is 10.0 Å². The number of nitrogens with zero attached hydrogens (tertiary/aromatic N) is 2. The van der Waals surface area contributed by atoms with Gasteiger partial charge in [-0.2, -0.15) is 0 Å². The normalized spacial score (nSPS) is 15.9. The predicted octanol–water partition coefficient (Wildman–Crippen LogP) is 2.54. The van der Waals surface area contributed by atoms with E-state index in [0.29, 0.717) is 5.75 Å². The number of anilines is 1. The molecule has 3 heteroatoms. The number of aromatic hydroxyl groups is 1. The van der Waals surface area contributed by atoms with Crippen LogP contribution in [0.15, 0.2) is 30.5 Å². The first-order valence-electron chi connectivity index (χ1n) is 5.68. The molecule has 1 aromatic carbocycles. The minimum absolute atomic E-state index is 0.326. The molecule has 1 fully saturated rings. The lowest BCUT2D eigenvalue weighted by Gasteiger charge is -2.18. The average molecular weight is 214 g/mol. The molecule has 1 aliphatic rings. The van der Waals surface area contributed by atoms with Crippen LogP contribution in [-0.4, -0.2) is 23.2 Å². The molecule has 0 spiro atoms. The summed E-state index contributed by atoms with van der Waals surface area (Å²) in [7, 11) is 0. The second-order valence-electron chi connectivity index (χ2n) is 4.20. The molecule has 2 heterocycles. The van der Waals surface area contributed by atoms with E-state index >= 15 is 0 Å². The maximum Gasteiger partial charge on any atom is 0.140 e. The molecule has 82 valence electrons. The first kappa shape index (κ1) is 9.46. The summed E-state index contributed by atoms with van der Waals surface area (Å²) in [5.74, 6) is 1.25. The molecule has 3 rings (SSSR count). The summed E-state index contributed by atoms with van der Waals surface area (Å²) in [5, 5.41) is 11.9. The van der Waals surface area contributed by atoms with Crippen LogP contribution in [-0.2, 0) is 0 Å². The van der Waals surface area contributed by atoms with Crippen LogP contribution in [0.5, 0.6) is 5.75 Å². The van der Waals surface area contributed by atoms with Gasteiger partial charge in [-0.05, 0) is 30.4 Å². The van der Waals surface area contributed by atoms with Gasteiger partial charge in [-0.3, -0.25) is 0 Å². The molecule has 0 saturated carbocycles. The predicted molar refractivity (Wildman–Crippen MR) is 64.9 cm³/mol. The number of benzene rings is 1. The van der Waals surface area contributed by atoms with Gasteiger partial charge in [0.15, 0.2) is 0 Å². The van der Waals surface area contributed by atoms with E-state index in [0.717, 1.165) is 29.7 Å². The van der Waals surface area contributed by atoms with Crippen LogP contribution in [0.2, 0.25) is 0 Å². The smallest absolute Gasteiger partial charge is 0.140 e. The van der Waals surface area contributed by atoms with Crippen LogP contribution in [0.1, 0.15) is 12.8 Å².